The molecule has 1 aliphatic rings. The first-order valence-electron chi connectivity index (χ1n) is 8.50. The lowest BCUT2D eigenvalue weighted by Gasteiger charge is -2.36. The Hall–Kier alpha value is -1.42. The summed E-state index contributed by atoms with van der Waals surface area (Å²) >= 11 is 1.68. The standard InChI is InChI=1S/C18H24FN5S.HI/c1-13(17-22-14(2)12-25-17)11-21-18(20)24-9-7-23(8-10-24)16-5-3-15(19)4-6-16;/h3-6,12-13H,7-11H2,1-2H3,(H2,20,21);1H. The first-order chi connectivity index (χ1) is 12.0. The maximum atomic E-state index is 13.0. The summed E-state index contributed by atoms with van der Waals surface area (Å²) in [6.45, 7) is 8.12. The number of hydrogen-bond acceptors (Lipinski definition) is 4. The molecule has 0 aliphatic carbocycles. The van der Waals surface area contributed by atoms with Gasteiger partial charge in [-0.05, 0) is 31.2 Å². The number of nitrogens with zero attached hydrogens (tertiary/aromatic N) is 4. The molecule has 1 saturated heterocycles. The molecule has 0 saturated carbocycles. The summed E-state index contributed by atoms with van der Waals surface area (Å²) in [6.07, 6.45) is 0. The van der Waals surface area contributed by atoms with E-state index >= 15 is 0 Å². The molecule has 1 aromatic heterocycles. The van der Waals surface area contributed by atoms with Crippen molar-refractivity contribution in [2.45, 2.75) is 19.8 Å². The molecule has 142 valence electrons. The lowest BCUT2D eigenvalue weighted by atomic mass is 10.2. The molecule has 1 aromatic carbocycles. The lowest BCUT2D eigenvalue weighted by molar-refractivity contribution is 0.380. The number of aryl methyl sites for hydroxylation is 1. The highest BCUT2D eigenvalue weighted by molar-refractivity contribution is 14.0. The Morgan fingerprint density at radius 1 is 1.27 bits per heavy atom. The molecule has 3 rings (SSSR count). The summed E-state index contributed by atoms with van der Waals surface area (Å²) in [5.74, 6) is 0.667. The van der Waals surface area contributed by atoms with Crippen LogP contribution in [0.2, 0.25) is 0 Å². The predicted molar refractivity (Wildman–Crippen MR) is 117 cm³/mol. The molecule has 0 radical (unpaired) electrons. The van der Waals surface area contributed by atoms with Crippen molar-refractivity contribution < 1.29 is 4.39 Å². The van der Waals surface area contributed by atoms with E-state index in [9.17, 15) is 4.39 Å². The minimum Gasteiger partial charge on any atom is -0.370 e. The third-order valence-corrected chi connectivity index (χ3v) is 5.58. The van der Waals surface area contributed by atoms with Gasteiger partial charge < -0.3 is 15.5 Å². The van der Waals surface area contributed by atoms with Gasteiger partial charge in [-0.2, -0.15) is 0 Å². The number of rotatable bonds is 4. The van der Waals surface area contributed by atoms with E-state index in [0.717, 1.165) is 42.6 Å². The van der Waals surface area contributed by atoms with Crippen molar-refractivity contribution in [2.75, 3.05) is 37.6 Å². The Morgan fingerprint density at radius 3 is 2.50 bits per heavy atom. The van der Waals surface area contributed by atoms with E-state index in [2.05, 4.69) is 32.1 Å². The Kier molecular flexibility index (Phi) is 7.63. The van der Waals surface area contributed by atoms with Crippen molar-refractivity contribution in [3.05, 3.63) is 46.2 Å². The highest BCUT2D eigenvalue weighted by Gasteiger charge is 2.19. The number of guanidine groups is 1. The molecule has 0 bridgehead atoms. The summed E-state index contributed by atoms with van der Waals surface area (Å²) in [7, 11) is 0. The van der Waals surface area contributed by atoms with Gasteiger partial charge in [-0.15, -0.1) is 35.3 Å². The monoisotopic (exact) mass is 489 g/mol. The van der Waals surface area contributed by atoms with Crippen molar-refractivity contribution >= 4 is 47.0 Å². The minimum atomic E-state index is -0.205. The van der Waals surface area contributed by atoms with Crippen LogP contribution in [0.15, 0.2) is 34.6 Å². The summed E-state index contributed by atoms with van der Waals surface area (Å²) in [5.41, 5.74) is 8.28. The Balaban J connectivity index is 0.00000243. The average molecular weight is 489 g/mol. The first-order valence-corrected chi connectivity index (χ1v) is 9.38. The zero-order valence-electron chi connectivity index (χ0n) is 15.1. The maximum absolute atomic E-state index is 13.0. The van der Waals surface area contributed by atoms with Crippen molar-refractivity contribution in [3.8, 4) is 0 Å². The fraction of sp³-hybridized carbons (Fsp3) is 0.444. The average Bonchev–Trinajstić information content (AvgIpc) is 3.07. The van der Waals surface area contributed by atoms with E-state index in [4.69, 9.17) is 5.73 Å². The van der Waals surface area contributed by atoms with Crippen molar-refractivity contribution in [3.63, 3.8) is 0 Å². The Bertz CT molecular complexity index is 725. The largest absolute Gasteiger partial charge is 0.370 e. The molecular weight excluding hydrogens is 464 g/mol. The van der Waals surface area contributed by atoms with Crippen LogP contribution in [0.3, 0.4) is 0 Å². The van der Waals surface area contributed by atoms with Crippen LogP contribution in [0.1, 0.15) is 23.5 Å². The molecule has 0 spiro atoms. The third kappa shape index (κ3) is 5.29. The quantitative estimate of drug-likeness (QED) is 0.406. The molecule has 1 unspecified atom stereocenters. The van der Waals surface area contributed by atoms with Gasteiger partial charge in [-0.3, -0.25) is 4.99 Å². The number of aliphatic imine (C=N–C) groups is 1. The summed E-state index contributed by atoms with van der Waals surface area (Å²) in [5, 5.41) is 3.17. The minimum absolute atomic E-state index is 0. The van der Waals surface area contributed by atoms with E-state index in [1.54, 1.807) is 11.3 Å². The molecule has 26 heavy (non-hydrogen) atoms. The topological polar surface area (TPSA) is 57.8 Å². The molecule has 1 aliphatic heterocycles. The van der Waals surface area contributed by atoms with E-state index in [0.29, 0.717) is 12.5 Å². The van der Waals surface area contributed by atoms with Crippen LogP contribution in [0.25, 0.3) is 0 Å². The summed E-state index contributed by atoms with van der Waals surface area (Å²) in [4.78, 5) is 13.4. The third-order valence-electron chi connectivity index (χ3n) is 4.38. The smallest absolute Gasteiger partial charge is 0.191 e. The highest BCUT2D eigenvalue weighted by Crippen LogP contribution is 2.20. The summed E-state index contributed by atoms with van der Waals surface area (Å²) in [6, 6.07) is 6.64. The summed E-state index contributed by atoms with van der Waals surface area (Å²) < 4.78 is 13.0. The van der Waals surface area contributed by atoms with Gasteiger partial charge in [0.15, 0.2) is 5.96 Å². The van der Waals surface area contributed by atoms with Crippen LogP contribution in [0.4, 0.5) is 10.1 Å². The first kappa shape index (κ1) is 20.9. The van der Waals surface area contributed by atoms with Crippen molar-refractivity contribution in [1.29, 1.82) is 0 Å². The van der Waals surface area contributed by atoms with Gasteiger partial charge in [0.25, 0.3) is 0 Å². The molecule has 2 heterocycles. The highest BCUT2D eigenvalue weighted by atomic mass is 127. The molecule has 0 amide bonds. The fourth-order valence-corrected chi connectivity index (χ4v) is 3.70. The molecule has 5 nitrogen and oxygen atoms in total. The zero-order chi connectivity index (χ0) is 17.8. The Morgan fingerprint density at radius 2 is 1.92 bits per heavy atom. The molecule has 2 aromatic rings. The van der Waals surface area contributed by atoms with E-state index in [-0.39, 0.29) is 35.7 Å². The normalized spacial score (nSPS) is 16.3. The van der Waals surface area contributed by atoms with E-state index in [1.807, 2.05) is 19.1 Å². The SMILES string of the molecule is Cc1csc(C(C)CN=C(N)N2CCN(c3ccc(F)cc3)CC2)n1.I. The zero-order valence-corrected chi connectivity index (χ0v) is 18.2. The number of anilines is 1. The van der Waals surface area contributed by atoms with Gasteiger partial charge in [0.2, 0.25) is 0 Å². The number of piperazine rings is 1. The lowest BCUT2D eigenvalue weighted by Crippen LogP contribution is -2.51. The molecule has 1 fully saturated rings. The van der Waals surface area contributed by atoms with Crippen LogP contribution in [0, 0.1) is 12.7 Å². The Labute approximate surface area is 175 Å². The van der Waals surface area contributed by atoms with Crippen molar-refractivity contribution in [2.24, 2.45) is 10.7 Å². The van der Waals surface area contributed by atoms with Crippen LogP contribution in [-0.4, -0.2) is 48.6 Å². The molecule has 8 heteroatoms. The number of thiazole rings is 1. The maximum Gasteiger partial charge on any atom is 0.191 e. The van der Waals surface area contributed by atoms with Gasteiger partial charge in [0.05, 0.1) is 11.6 Å². The molecular formula is C18H25FIN5S. The van der Waals surface area contributed by atoms with Gasteiger partial charge in [0.1, 0.15) is 5.82 Å². The van der Waals surface area contributed by atoms with Crippen LogP contribution < -0.4 is 10.6 Å². The number of hydrogen-bond donors (Lipinski definition) is 1. The van der Waals surface area contributed by atoms with Gasteiger partial charge in [-0.1, -0.05) is 6.92 Å². The number of nitrogens with two attached hydrogens (primary N) is 1. The van der Waals surface area contributed by atoms with E-state index < -0.39 is 0 Å². The molecule has 2 N–H and O–H groups in total. The van der Waals surface area contributed by atoms with E-state index in [1.165, 1.54) is 12.1 Å². The van der Waals surface area contributed by atoms with Crippen LogP contribution in [-0.2, 0) is 0 Å². The predicted octanol–water partition coefficient (Wildman–Crippen LogP) is 3.45. The number of aromatic nitrogens is 1. The second kappa shape index (κ2) is 9.50. The van der Waals surface area contributed by atoms with Gasteiger partial charge in [0, 0.05) is 48.9 Å². The second-order valence-electron chi connectivity index (χ2n) is 6.38. The number of benzene rings is 1. The molecule has 1 atom stereocenters. The van der Waals surface area contributed by atoms with Gasteiger partial charge in [-0.25, -0.2) is 9.37 Å². The van der Waals surface area contributed by atoms with Gasteiger partial charge >= 0.3 is 0 Å². The van der Waals surface area contributed by atoms with Crippen molar-refractivity contribution in [1.82, 2.24) is 9.88 Å². The van der Waals surface area contributed by atoms with Crippen LogP contribution in [0.5, 0.6) is 0 Å². The van der Waals surface area contributed by atoms with Crippen LogP contribution >= 0.6 is 35.3 Å². The fourth-order valence-electron chi connectivity index (χ4n) is 2.85. The number of halogens is 2. The second-order valence-corrected chi connectivity index (χ2v) is 7.27.